The number of hydrogen-bond acceptors (Lipinski definition) is 2. The van der Waals surface area contributed by atoms with Crippen molar-refractivity contribution >= 4 is 11.8 Å². The van der Waals surface area contributed by atoms with Gasteiger partial charge in [-0.15, -0.1) is 0 Å². The third kappa shape index (κ3) is 7.66. The zero-order chi connectivity index (χ0) is 21.9. The van der Waals surface area contributed by atoms with Crippen molar-refractivity contribution in [2.24, 2.45) is 5.92 Å². The summed E-state index contributed by atoms with van der Waals surface area (Å²) in [5.41, 5.74) is 3.62. The second-order valence-corrected chi connectivity index (χ2v) is 8.31. The topological polar surface area (TPSA) is 49.4 Å². The van der Waals surface area contributed by atoms with E-state index in [0.717, 1.165) is 18.4 Å². The van der Waals surface area contributed by atoms with Gasteiger partial charge in [0.05, 0.1) is 0 Å². The van der Waals surface area contributed by atoms with Crippen molar-refractivity contribution in [3.05, 3.63) is 71.3 Å². The molecule has 0 radical (unpaired) electrons. The fraction of sp³-hybridized carbons (Fsp3) is 0.462. The van der Waals surface area contributed by atoms with Gasteiger partial charge in [0.25, 0.3) is 0 Å². The summed E-state index contributed by atoms with van der Waals surface area (Å²) in [7, 11) is 0. The second-order valence-electron chi connectivity index (χ2n) is 8.31. The minimum Gasteiger partial charge on any atom is -0.354 e. The van der Waals surface area contributed by atoms with Crippen molar-refractivity contribution in [3.8, 4) is 0 Å². The van der Waals surface area contributed by atoms with Gasteiger partial charge in [-0.2, -0.15) is 0 Å². The van der Waals surface area contributed by atoms with Gasteiger partial charge in [0.1, 0.15) is 6.04 Å². The largest absolute Gasteiger partial charge is 0.354 e. The van der Waals surface area contributed by atoms with E-state index in [0.29, 0.717) is 31.8 Å². The first-order valence-electron chi connectivity index (χ1n) is 11.1. The van der Waals surface area contributed by atoms with Gasteiger partial charge in [0.2, 0.25) is 11.8 Å². The van der Waals surface area contributed by atoms with Crippen LogP contribution in [-0.2, 0) is 28.9 Å². The molecule has 0 aliphatic carbocycles. The highest BCUT2D eigenvalue weighted by Gasteiger charge is 2.25. The van der Waals surface area contributed by atoms with Gasteiger partial charge < -0.3 is 10.2 Å². The van der Waals surface area contributed by atoms with Gasteiger partial charge in [0.15, 0.2) is 0 Å². The quantitative estimate of drug-likeness (QED) is 0.599. The van der Waals surface area contributed by atoms with Crippen LogP contribution in [0.25, 0.3) is 0 Å². The van der Waals surface area contributed by atoms with Crippen LogP contribution in [0.15, 0.2) is 54.6 Å². The van der Waals surface area contributed by atoms with Crippen LogP contribution in [-0.4, -0.2) is 35.8 Å². The Labute approximate surface area is 181 Å². The fourth-order valence-electron chi connectivity index (χ4n) is 3.36. The van der Waals surface area contributed by atoms with Crippen LogP contribution >= 0.6 is 0 Å². The molecule has 2 aromatic carbocycles. The van der Waals surface area contributed by atoms with Crippen molar-refractivity contribution in [2.75, 3.05) is 13.1 Å². The van der Waals surface area contributed by atoms with Crippen LogP contribution in [0.1, 0.15) is 50.8 Å². The molecule has 0 unspecified atom stereocenters. The Morgan fingerprint density at radius 1 is 0.867 bits per heavy atom. The maximum Gasteiger partial charge on any atom is 0.242 e. The lowest BCUT2D eigenvalue weighted by molar-refractivity contribution is -0.139. The molecule has 0 saturated heterocycles. The van der Waals surface area contributed by atoms with E-state index in [2.05, 4.69) is 62.5 Å². The zero-order valence-corrected chi connectivity index (χ0v) is 18.9. The smallest absolute Gasteiger partial charge is 0.242 e. The summed E-state index contributed by atoms with van der Waals surface area (Å²) in [5.74, 6) is 0.316. The average Bonchev–Trinajstić information content (AvgIpc) is 2.77. The molecule has 2 aromatic rings. The fourth-order valence-corrected chi connectivity index (χ4v) is 3.36. The normalized spacial score (nSPS) is 11.9. The van der Waals surface area contributed by atoms with Crippen LogP contribution in [0.5, 0.6) is 0 Å². The highest BCUT2D eigenvalue weighted by molar-refractivity contribution is 5.87. The second kappa shape index (κ2) is 12.2. The predicted molar refractivity (Wildman–Crippen MR) is 123 cm³/mol. The molecule has 0 aliphatic heterocycles. The molecule has 0 saturated carbocycles. The van der Waals surface area contributed by atoms with Gasteiger partial charge in [0, 0.05) is 19.5 Å². The molecule has 1 N–H and O–H groups in total. The lowest BCUT2D eigenvalue weighted by atomic mass is 10.0. The molecule has 0 fully saturated rings. The first kappa shape index (κ1) is 23.7. The molecule has 162 valence electrons. The highest BCUT2D eigenvalue weighted by atomic mass is 16.2. The summed E-state index contributed by atoms with van der Waals surface area (Å²) in [6.45, 7) is 9.24. The van der Waals surface area contributed by atoms with Crippen molar-refractivity contribution in [2.45, 2.75) is 59.4 Å². The number of carbonyl (C=O) groups excluding carboxylic acids is 2. The van der Waals surface area contributed by atoms with E-state index >= 15 is 0 Å². The van der Waals surface area contributed by atoms with Gasteiger partial charge >= 0.3 is 0 Å². The Kier molecular flexibility index (Phi) is 9.59. The van der Waals surface area contributed by atoms with Crippen LogP contribution < -0.4 is 5.32 Å². The Bertz CT molecular complexity index is 784. The molecule has 0 aliphatic rings. The van der Waals surface area contributed by atoms with Crippen LogP contribution in [0, 0.1) is 5.92 Å². The predicted octanol–water partition coefficient (Wildman–Crippen LogP) is 4.41. The molecule has 0 bridgehead atoms. The summed E-state index contributed by atoms with van der Waals surface area (Å²) in [6, 6.07) is 18.0. The van der Waals surface area contributed by atoms with Crippen molar-refractivity contribution in [3.63, 3.8) is 0 Å². The number of rotatable bonds is 11. The first-order valence-corrected chi connectivity index (χ1v) is 11.1. The summed E-state index contributed by atoms with van der Waals surface area (Å²) < 4.78 is 0. The van der Waals surface area contributed by atoms with E-state index in [9.17, 15) is 9.59 Å². The van der Waals surface area contributed by atoms with E-state index in [1.54, 1.807) is 4.90 Å². The number of carbonyl (C=O) groups is 2. The number of aryl methyl sites for hydroxylation is 2. The van der Waals surface area contributed by atoms with Crippen LogP contribution in [0.3, 0.4) is 0 Å². The van der Waals surface area contributed by atoms with Gasteiger partial charge in [-0.3, -0.25) is 9.59 Å². The molecule has 4 nitrogen and oxygen atoms in total. The summed E-state index contributed by atoms with van der Waals surface area (Å²) in [6.07, 6.45) is 2.84. The number of hydrogen-bond donors (Lipinski definition) is 1. The maximum absolute atomic E-state index is 13.1. The molecule has 0 spiro atoms. The van der Waals surface area contributed by atoms with Gasteiger partial charge in [-0.25, -0.2) is 0 Å². The minimum absolute atomic E-state index is 0.0256. The molecule has 30 heavy (non-hydrogen) atoms. The molecule has 0 aromatic heterocycles. The molecule has 2 rings (SSSR count). The standard InChI is InChI=1S/C26H36N2O2/c1-5-22-11-13-24(14-12-22)15-16-25(29)28(18-17-23-9-7-6-8-10-23)21(4)26(30)27-19-20(2)3/h6-14,20-21H,5,15-19H2,1-4H3,(H,27,30)/t21-/m0/s1. The Balaban J connectivity index is 2.03. The van der Waals surface area contributed by atoms with E-state index in [-0.39, 0.29) is 11.8 Å². The monoisotopic (exact) mass is 408 g/mol. The van der Waals surface area contributed by atoms with E-state index in [1.165, 1.54) is 11.1 Å². The molecule has 1 atom stereocenters. The minimum atomic E-state index is -0.484. The average molecular weight is 409 g/mol. The molecule has 4 heteroatoms. The van der Waals surface area contributed by atoms with Crippen molar-refractivity contribution in [1.82, 2.24) is 10.2 Å². The van der Waals surface area contributed by atoms with E-state index < -0.39 is 6.04 Å². The lowest BCUT2D eigenvalue weighted by Gasteiger charge is -2.29. The summed E-state index contributed by atoms with van der Waals surface area (Å²) in [5, 5.41) is 2.97. The third-order valence-corrected chi connectivity index (χ3v) is 5.39. The number of benzene rings is 2. The van der Waals surface area contributed by atoms with Crippen molar-refractivity contribution < 1.29 is 9.59 Å². The molecular weight excluding hydrogens is 372 g/mol. The Morgan fingerprint density at radius 3 is 2.07 bits per heavy atom. The molecule has 2 amide bonds. The van der Waals surface area contributed by atoms with Crippen molar-refractivity contribution in [1.29, 1.82) is 0 Å². The number of nitrogens with zero attached hydrogens (tertiary/aromatic N) is 1. The van der Waals surface area contributed by atoms with E-state index in [4.69, 9.17) is 0 Å². The summed E-state index contributed by atoms with van der Waals surface area (Å²) >= 11 is 0. The lowest BCUT2D eigenvalue weighted by Crippen LogP contribution is -2.49. The Hall–Kier alpha value is -2.62. The van der Waals surface area contributed by atoms with Crippen LogP contribution in [0.4, 0.5) is 0 Å². The highest BCUT2D eigenvalue weighted by Crippen LogP contribution is 2.12. The maximum atomic E-state index is 13.1. The molecule has 0 heterocycles. The van der Waals surface area contributed by atoms with Gasteiger partial charge in [-0.1, -0.05) is 75.4 Å². The zero-order valence-electron chi connectivity index (χ0n) is 18.9. The molecular formula is C26H36N2O2. The SMILES string of the molecule is CCc1ccc(CCC(=O)N(CCc2ccccc2)[C@@H](C)C(=O)NCC(C)C)cc1. The number of amides is 2. The third-order valence-electron chi connectivity index (χ3n) is 5.39. The van der Waals surface area contributed by atoms with Crippen LogP contribution in [0.2, 0.25) is 0 Å². The summed E-state index contributed by atoms with van der Waals surface area (Å²) in [4.78, 5) is 27.5. The van der Waals surface area contributed by atoms with E-state index in [1.807, 2.05) is 25.1 Å². The van der Waals surface area contributed by atoms with Gasteiger partial charge in [-0.05, 0) is 48.8 Å². The number of nitrogens with one attached hydrogen (secondary N) is 1. The Morgan fingerprint density at radius 2 is 1.47 bits per heavy atom. The first-order chi connectivity index (χ1) is 14.4.